The standard InChI is InChI=1S/C23H30F3N3O3/c1-22(2,3)11-17-10-20(32-29-17)23(4-5-23)27-13-19(30)18(28-21(31)12-24)8-14-6-15(25)9-16(26)7-14/h6-7,9-10,18-19,27,30H,4-5,8,11-13H2,1-3H3,(H,28,31). The second-order valence-electron chi connectivity index (χ2n) is 9.74. The highest BCUT2D eigenvalue weighted by atomic mass is 19.1. The van der Waals surface area contributed by atoms with Gasteiger partial charge in [0.2, 0.25) is 0 Å². The third-order valence-electron chi connectivity index (χ3n) is 5.45. The number of halogens is 3. The first kappa shape index (κ1) is 24.3. The number of hydrogen-bond acceptors (Lipinski definition) is 5. The molecular formula is C23H30F3N3O3. The minimum atomic E-state index is -1.26. The maximum Gasteiger partial charge on any atom is 0.251 e. The molecule has 0 spiro atoms. The third kappa shape index (κ3) is 6.56. The first-order valence-corrected chi connectivity index (χ1v) is 10.7. The van der Waals surface area contributed by atoms with E-state index in [2.05, 4.69) is 36.6 Å². The van der Waals surface area contributed by atoms with Crippen molar-refractivity contribution in [3.63, 3.8) is 0 Å². The molecule has 2 unspecified atom stereocenters. The number of amides is 1. The molecule has 1 saturated carbocycles. The van der Waals surface area contributed by atoms with Crippen molar-refractivity contribution in [2.24, 2.45) is 5.41 Å². The van der Waals surface area contributed by atoms with Gasteiger partial charge in [-0.05, 0) is 48.8 Å². The molecule has 9 heteroatoms. The quantitative estimate of drug-likeness (QED) is 0.514. The summed E-state index contributed by atoms with van der Waals surface area (Å²) in [5.74, 6) is -1.76. The molecule has 1 aromatic heterocycles. The second-order valence-corrected chi connectivity index (χ2v) is 9.74. The van der Waals surface area contributed by atoms with Crippen molar-refractivity contribution in [2.45, 2.75) is 64.1 Å². The van der Waals surface area contributed by atoms with Crippen molar-refractivity contribution in [1.82, 2.24) is 15.8 Å². The van der Waals surface area contributed by atoms with Crippen molar-refractivity contribution in [3.05, 3.63) is 52.9 Å². The van der Waals surface area contributed by atoms with Crippen molar-refractivity contribution >= 4 is 5.91 Å². The van der Waals surface area contributed by atoms with Crippen LogP contribution in [0, 0.1) is 17.0 Å². The van der Waals surface area contributed by atoms with Crippen LogP contribution in [-0.2, 0) is 23.2 Å². The predicted molar refractivity (Wildman–Crippen MR) is 113 cm³/mol. The van der Waals surface area contributed by atoms with Crippen LogP contribution in [0.5, 0.6) is 0 Å². The largest absolute Gasteiger partial charge is 0.390 e. The molecule has 3 rings (SSSR count). The van der Waals surface area contributed by atoms with E-state index in [9.17, 15) is 23.1 Å². The van der Waals surface area contributed by atoms with Crippen LogP contribution in [0.4, 0.5) is 13.2 Å². The summed E-state index contributed by atoms with van der Waals surface area (Å²) in [6.45, 7) is 5.13. The van der Waals surface area contributed by atoms with Crippen molar-refractivity contribution in [3.8, 4) is 0 Å². The Hall–Kier alpha value is -2.39. The van der Waals surface area contributed by atoms with Crippen LogP contribution in [0.25, 0.3) is 0 Å². The summed E-state index contributed by atoms with van der Waals surface area (Å²) in [6.07, 6.45) is 1.15. The van der Waals surface area contributed by atoms with E-state index >= 15 is 0 Å². The van der Waals surface area contributed by atoms with Gasteiger partial charge < -0.3 is 20.3 Å². The fourth-order valence-corrected chi connectivity index (χ4v) is 3.75. The average Bonchev–Trinajstić information content (AvgIpc) is 3.34. The monoisotopic (exact) mass is 453 g/mol. The summed E-state index contributed by atoms with van der Waals surface area (Å²) in [7, 11) is 0. The van der Waals surface area contributed by atoms with E-state index in [1.165, 1.54) is 0 Å². The number of aromatic nitrogens is 1. The van der Waals surface area contributed by atoms with Gasteiger partial charge in [0.15, 0.2) is 12.4 Å². The molecule has 1 aromatic carbocycles. The molecule has 1 aliphatic carbocycles. The van der Waals surface area contributed by atoms with Crippen LogP contribution in [0.1, 0.15) is 50.6 Å². The molecule has 0 bridgehead atoms. The summed E-state index contributed by atoms with van der Waals surface area (Å²) >= 11 is 0. The molecule has 2 atom stereocenters. The molecule has 1 fully saturated rings. The Morgan fingerprint density at radius 1 is 1.22 bits per heavy atom. The molecule has 0 saturated heterocycles. The number of carbonyl (C=O) groups is 1. The average molecular weight is 454 g/mol. The van der Waals surface area contributed by atoms with E-state index in [1.807, 2.05) is 6.07 Å². The highest BCUT2D eigenvalue weighted by Gasteiger charge is 2.48. The Morgan fingerprint density at radius 3 is 2.44 bits per heavy atom. The lowest BCUT2D eigenvalue weighted by Gasteiger charge is -2.26. The molecule has 0 aliphatic heterocycles. The van der Waals surface area contributed by atoms with E-state index in [4.69, 9.17) is 4.52 Å². The lowest BCUT2D eigenvalue weighted by Crippen LogP contribution is -2.50. The van der Waals surface area contributed by atoms with E-state index < -0.39 is 41.9 Å². The molecule has 2 aromatic rings. The minimum Gasteiger partial charge on any atom is -0.390 e. The number of nitrogens with zero attached hydrogens (tertiary/aromatic N) is 1. The number of rotatable bonds is 10. The van der Waals surface area contributed by atoms with Gasteiger partial charge in [0.1, 0.15) is 11.6 Å². The van der Waals surface area contributed by atoms with Crippen LogP contribution in [0.3, 0.4) is 0 Å². The molecule has 1 amide bonds. The third-order valence-corrected chi connectivity index (χ3v) is 5.45. The van der Waals surface area contributed by atoms with Gasteiger partial charge in [0.25, 0.3) is 5.91 Å². The molecule has 176 valence electrons. The number of aliphatic hydroxyl groups excluding tert-OH is 1. The number of aliphatic hydroxyl groups is 1. The fourth-order valence-electron chi connectivity index (χ4n) is 3.75. The zero-order valence-corrected chi connectivity index (χ0v) is 18.6. The van der Waals surface area contributed by atoms with E-state index in [1.54, 1.807) is 0 Å². The van der Waals surface area contributed by atoms with Gasteiger partial charge >= 0.3 is 0 Å². The van der Waals surface area contributed by atoms with E-state index in [0.717, 1.165) is 43.2 Å². The zero-order valence-electron chi connectivity index (χ0n) is 18.6. The van der Waals surface area contributed by atoms with Crippen LogP contribution in [-0.4, -0.2) is 41.5 Å². The van der Waals surface area contributed by atoms with Crippen molar-refractivity contribution in [1.29, 1.82) is 0 Å². The number of hydrogen-bond donors (Lipinski definition) is 3. The smallest absolute Gasteiger partial charge is 0.251 e. The van der Waals surface area contributed by atoms with Gasteiger partial charge in [-0.2, -0.15) is 0 Å². The summed E-state index contributed by atoms with van der Waals surface area (Å²) in [5.41, 5.74) is 0.701. The lowest BCUT2D eigenvalue weighted by atomic mass is 9.90. The van der Waals surface area contributed by atoms with Gasteiger partial charge in [-0.1, -0.05) is 25.9 Å². The summed E-state index contributed by atoms with van der Waals surface area (Å²) in [4.78, 5) is 11.6. The number of alkyl halides is 1. The van der Waals surface area contributed by atoms with Gasteiger partial charge in [-0.15, -0.1) is 0 Å². The number of carbonyl (C=O) groups excluding carboxylic acids is 1. The first-order valence-electron chi connectivity index (χ1n) is 10.7. The molecule has 6 nitrogen and oxygen atoms in total. The molecular weight excluding hydrogens is 423 g/mol. The van der Waals surface area contributed by atoms with E-state index in [-0.39, 0.29) is 23.9 Å². The Balaban J connectivity index is 1.66. The maximum absolute atomic E-state index is 13.5. The highest BCUT2D eigenvalue weighted by Crippen LogP contribution is 2.46. The molecule has 1 heterocycles. The van der Waals surface area contributed by atoms with E-state index in [0.29, 0.717) is 5.76 Å². The van der Waals surface area contributed by atoms with Crippen LogP contribution in [0.15, 0.2) is 28.8 Å². The van der Waals surface area contributed by atoms with Gasteiger partial charge in [-0.3, -0.25) is 4.79 Å². The van der Waals surface area contributed by atoms with Gasteiger partial charge in [0, 0.05) is 18.7 Å². The number of nitrogens with one attached hydrogen (secondary N) is 2. The number of benzene rings is 1. The second kappa shape index (κ2) is 9.62. The topological polar surface area (TPSA) is 87.4 Å². The zero-order chi connectivity index (χ0) is 23.5. The van der Waals surface area contributed by atoms with Crippen molar-refractivity contribution < 1.29 is 27.6 Å². The molecule has 0 radical (unpaired) electrons. The Bertz CT molecular complexity index is 918. The molecule has 3 N–H and O–H groups in total. The first-order chi connectivity index (χ1) is 15.0. The molecule has 32 heavy (non-hydrogen) atoms. The molecule has 1 aliphatic rings. The predicted octanol–water partition coefficient (Wildman–Crippen LogP) is 3.18. The van der Waals surface area contributed by atoms with Gasteiger partial charge in [-0.25, -0.2) is 13.2 Å². The SMILES string of the molecule is CC(C)(C)Cc1cc(C2(NCC(O)C(Cc3cc(F)cc(F)c3)NC(=O)CF)CC2)on1. The van der Waals surface area contributed by atoms with Crippen LogP contribution in [0.2, 0.25) is 0 Å². The Kier molecular flexibility index (Phi) is 7.29. The fraction of sp³-hybridized carbons (Fsp3) is 0.565. The van der Waals surface area contributed by atoms with Crippen LogP contribution >= 0.6 is 0 Å². The summed E-state index contributed by atoms with van der Waals surface area (Å²) in [5, 5.41) is 20.5. The van der Waals surface area contributed by atoms with Crippen LogP contribution < -0.4 is 10.6 Å². The maximum atomic E-state index is 13.5. The Labute approximate surface area is 185 Å². The highest BCUT2D eigenvalue weighted by molar-refractivity contribution is 5.77. The summed E-state index contributed by atoms with van der Waals surface area (Å²) in [6, 6.07) is 3.94. The van der Waals surface area contributed by atoms with Crippen molar-refractivity contribution in [2.75, 3.05) is 13.2 Å². The minimum absolute atomic E-state index is 0.0599. The summed E-state index contributed by atoms with van der Waals surface area (Å²) < 4.78 is 45.4. The Morgan fingerprint density at radius 2 is 1.88 bits per heavy atom. The normalized spacial score (nSPS) is 17.1. The lowest BCUT2D eigenvalue weighted by molar-refractivity contribution is -0.123. The van der Waals surface area contributed by atoms with Gasteiger partial charge in [0.05, 0.1) is 23.4 Å².